The van der Waals surface area contributed by atoms with Crippen molar-refractivity contribution in [3.05, 3.63) is 81.7 Å². The van der Waals surface area contributed by atoms with Gasteiger partial charge in [-0.1, -0.05) is 18.2 Å². The Morgan fingerprint density at radius 2 is 1.85 bits per heavy atom. The molecule has 0 fully saturated rings. The highest BCUT2D eigenvalue weighted by atomic mass is 32.2. The molecule has 33 heavy (non-hydrogen) atoms. The molecule has 4 rings (SSSR count). The molecule has 3 aromatic rings. The number of rotatable bonds is 5. The Bertz CT molecular complexity index is 1340. The lowest BCUT2D eigenvalue weighted by molar-refractivity contribution is 0.0595. The summed E-state index contributed by atoms with van der Waals surface area (Å²) in [5.74, 6) is -3.24. The zero-order chi connectivity index (χ0) is 23.8. The number of nitrogens with zero attached hydrogens (tertiary/aromatic N) is 1. The highest BCUT2D eigenvalue weighted by Gasteiger charge is 2.35. The van der Waals surface area contributed by atoms with Crippen molar-refractivity contribution in [2.45, 2.75) is 17.2 Å². The van der Waals surface area contributed by atoms with Gasteiger partial charge in [-0.15, -0.1) is 11.3 Å². The number of amides is 1. The number of methoxy groups -OCH3 is 1. The van der Waals surface area contributed by atoms with Gasteiger partial charge in [0, 0.05) is 23.2 Å². The van der Waals surface area contributed by atoms with Gasteiger partial charge >= 0.3 is 5.97 Å². The second-order valence-electron chi connectivity index (χ2n) is 7.23. The van der Waals surface area contributed by atoms with E-state index in [1.165, 1.54) is 4.90 Å². The van der Waals surface area contributed by atoms with Crippen molar-refractivity contribution in [2.75, 3.05) is 18.4 Å². The number of thiophene rings is 1. The number of nitrogens with one attached hydrogen (secondary N) is 1. The minimum absolute atomic E-state index is 0.0273. The van der Waals surface area contributed by atoms with Crippen LogP contribution in [0, 0.1) is 11.6 Å². The summed E-state index contributed by atoms with van der Waals surface area (Å²) in [7, 11) is -2.98. The molecule has 0 saturated heterocycles. The van der Waals surface area contributed by atoms with Crippen LogP contribution in [0.4, 0.5) is 14.5 Å². The van der Waals surface area contributed by atoms with Crippen LogP contribution in [0.1, 0.15) is 31.2 Å². The van der Waals surface area contributed by atoms with E-state index in [1.54, 1.807) is 30.3 Å². The van der Waals surface area contributed by atoms with Gasteiger partial charge in [-0.3, -0.25) is 9.52 Å². The maximum absolute atomic E-state index is 14.1. The molecule has 1 aromatic heterocycles. The summed E-state index contributed by atoms with van der Waals surface area (Å²) in [6, 6.07) is 10.9. The summed E-state index contributed by atoms with van der Waals surface area (Å²) in [6.07, 6.45) is 0.172. The average Bonchev–Trinajstić information content (AvgIpc) is 3.18. The molecule has 0 unspecified atom stereocenters. The Morgan fingerprint density at radius 3 is 2.52 bits per heavy atom. The largest absolute Gasteiger partial charge is 0.465 e. The van der Waals surface area contributed by atoms with Gasteiger partial charge in [-0.05, 0) is 36.2 Å². The highest BCUT2D eigenvalue weighted by molar-refractivity contribution is 7.94. The number of para-hydroxylation sites is 1. The zero-order valence-electron chi connectivity index (χ0n) is 17.3. The van der Waals surface area contributed by atoms with E-state index in [9.17, 15) is 26.8 Å². The first-order valence-corrected chi connectivity index (χ1v) is 12.1. The molecule has 0 radical (unpaired) electrons. The zero-order valence-corrected chi connectivity index (χ0v) is 18.9. The van der Waals surface area contributed by atoms with Gasteiger partial charge in [0.1, 0.15) is 11.6 Å². The molecule has 7 nitrogen and oxygen atoms in total. The van der Waals surface area contributed by atoms with Crippen molar-refractivity contribution in [2.24, 2.45) is 0 Å². The number of carbonyl (C=O) groups is 2. The molecule has 2 aromatic carbocycles. The maximum Gasteiger partial charge on any atom is 0.340 e. The minimum Gasteiger partial charge on any atom is -0.465 e. The van der Waals surface area contributed by atoms with E-state index >= 15 is 0 Å². The van der Waals surface area contributed by atoms with Gasteiger partial charge in [0.15, 0.2) is 4.21 Å². The van der Waals surface area contributed by atoms with Crippen molar-refractivity contribution in [3.8, 4) is 0 Å². The van der Waals surface area contributed by atoms with Crippen LogP contribution in [-0.4, -0.2) is 38.8 Å². The smallest absolute Gasteiger partial charge is 0.340 e. The first-order chi connectivity index (χ1) is 15.7. The van der Waals surface area contributed by atoms with Crippen LogP contribution in [-0.2, 0) is 27.7 Å². The number of esters is 1. The Balaban J connectivity index is 1.70. The number of carbonyl (C=O) groups excluding carboxylic acids is 2. The number of hydrogen-bond acceptors (Lipinski definition) is 6. The molecule has 2 heterocycles. The van der Waals surface area contributed by atoms with Crippen LogP contribution >= 0.6 is 11.3 Å². The number of anilines is 1. The summed E-state index contributed by atoms with van der Waals surface area (Å²) in [5.41, 5.74) is 0.441. The molecule has 0 saturated carbocycles. The Kier molecular flexibility index (Phi) is 6.17. The average molecular weight is 493 g/mol. The fourth-order valence-corrected chi connectivity index (χ4v) is 6.55. The van der Waals surface area contributed by atoms with Crippen molar-refractivity contribution in [1.29, 1.82) is 0 Å². The minimum atomic E-state index is -4.13. The van der Waals surface area contributed by atoms with Crippen LogP contribution in [0.3, 0.4) is 0 Å². The quantitative estimate of drug-likeness (QED) is 0.547. The van der Waals surface area contributed by atoms with Gasteiger partial charge in [0.2, 0.25) is 0 Å². The SMILES string of the molecule is COC(=O)c1c(S(=O)(=O)Nc2ccccc2)sc2c1CCN(C(=O)c1ccc(F)cc1F)C2. The second kappa shape index (κ2) is 8.91. The maximum atomic E-state index is 14.1. The Hall–Kier alpha value is -3.31. The molecule has 0 atom stereocenters. The second-order valence-corrected chi connectivity index (χ2v) is 10.2. The number of sulfonamides is 1. The van der Waals surface area contributed by atoms with Crippen LogP contribution in [0.5, 0.6) is 0 Å². The van der Waals surface area contributed by atoms with Crippen LogP contribution in [0.25, 0.3) is 0 Å². The first kappa shape index (κ1) is 22.9. The third kappa shape index (κ3) is 4.46. The van der Waals surface area contributed by atoms with Gasteiger partial charge in [-0.2, -0.15) is 0 Å². The molecular weight excluding hydrogens is 474 g/mol. The van der Waals surface area contributed by atoms with E-state index in [1.807, 2.05) is 0 Å². The number of ether oxygens (including phenoxy) is 1. The van der Waals surface area contributed by atoms with Crippen molar-refractivity contribution >= 4 is 38.9 Å². The molecule has 1 amide bonds. The molecule has 0 aliphatic carbocycles. The molecule has 1 N–H and O–H groups in total. The summed E-state index contributed by atoms with van der Waals surface area (Å²) < 4.78 is 60.6. The van der Waals surface area contributed by atoms with Crippen LogP contribution in [0.2, 0.25) is 0 Å². The van der Waals surface area contributed by atoms with E-state index in [2.05, 4.69) is 4.72 Å². The molecule has 0 spiro atoms. The molecular formula is C22H18F2N2O5S2. The normalized spacial score (nSPS) is 13.4. The number of hydrogen-bond donors (Lipinski definition) is 1. The summed E-state index contributed by atoms with van der Waals surface area (Å²) in [6.45, 7) is 0.0927. The standard InChI is InChI=1S/C22H18F2N2O5S2/c1-31-21(28)19-16-9-10-26(20(27)15-8-7-13(23)11-17(15)24)12-18(16)32-22(19)33(29,30)25-14-5-3-2-4-6-14/h2-8,11,25H,9-10,12H2,1H3. The summed E-state index contributed by atoms with van der Waals surface area (Å²) in [5, 5.41) is 0. The third-order valence-electron chi connectivity index (χ3n) is 5.13. The first-order valence-electron chi connectivity index (χ1n) is 9.76. The third-order valence-corrected chi connectivity index (χ3v) is 8.25. The van der Waals surface area contributed by atoms with E-state index in [0.29, 0.717) is 22.2 Å². The highest BCUT2D eigenvalue weighted by Crippen LogP contribution is 2.37. The monoisotopic (exact) mass is 492 g/mol. The van der Waals surface area contributed by atoms with E-state index in [4.69, 9.17) is 4.74 Å². The van der Waals surface area contributed by atoms with E-state index in [0.717, 1.165) is 30.6 Å². The molecule has 1 aliphatic rings. The summed E-state index contributed by atoms with van der Waals surface area (Å²) in [4.78, 5) is 27.1. The predicted octanol–water partition coefficient (Wildman–Crippen LogP) is 3.81. The van der Waals surface area contributed by atoms with Crippen molar-refractivity contribution in [1.82, 2.24) is 4.90 Å². The Labute approximate surface area is 192 Å². The van der Waals surface area contributed by atoms with Gasteiger partial charge in [-0.25, -0.2) is 22.0 Å². The summed E-state index contributed by atoms with van der Waals surface area (Å²) >= 11 is 0.856. The molecule has 1 aliphatic heterocycles. The van der Waals surface area contributed by atoms with Gasteiger partial charge in [0.05, 0.1) is 24.8 Å². The predicted molar refractivity (Wildman–Crippen MR) is 118 cm³/mol. The molecule has 172 valence electrons. The van der Waals surface area contributed by atoms with Gasteiger partial charge in [0.25, 0.3) is 15.9 Å². The fourth-order valence-electron chi connectivity index (χ4n) is 3.59. The molecule has 11 heteroatoms. The van der Waals surface area contributed by atoms with Crippen molar-refractivity contribution < 1.29 is 31.5 Å². The van der Waals surface area contributed by atoms with E-state index < -0.39 is 33.5 Å². The number of fused-ring (bicyclic) bond motifs is 1. The lowest BCUT2D eigenvalue weighted by Crippen LogP contribution is -2.36. The lowest BCUT2D eigenvalue weighted by atomic mass is 10.0. The number of halogens is 2. The number of benzene rings is 2. The Morgan fingerprint density at radius 1 is 1.12 bits per heavy atom. The lowest BCUT2D eigenvalue weighted by Gasteiger charge is -2.27. The van der Waals surface area contributed by atoms with Crippen LogP contribution < -0.4 is 4.72 Å². The van der Waals surface area contributed by atoms with Crippen LogP contribution in [0.15, 0.2) is 52.7 Å². The fraction of sp³-hybridized carbons (Fsp3) is 0.182. The van der Waals surface area contributed by atoms with Crippen molar-refractivity contribution in [3.63, 3.8) is 0 Å². The topological polar surface area (TPSA) is 92.8 Å². The van der Waals surface area contributed by atoms with Gasteiger partial charge < -0.3 is 9.64 Å². The van der Waals surface area contributed by atoms with E-state index in [-0.39, 0.29) is 34.8 Å². The molecule has 0 bridgehead atoms.